The number of pyridine rings is 1. The molecule has 0 bridgehead atoms. The van der Waals surface area contributed by atoms with E-state index in [9.17, 15) is 0 Å². The van der Waals surface area contributed by atoms with Gasteiger partial charge in [0.15, 0.2) is 0 Å². The number of halogens is 1. The molecule has 0 N–H and O–H groups in total. The van der Waals surface area contributed by atoms with Gasteiger partial charge in [-0.15, -0.1) is 0 Å². The van der Waals surface area contributed by atoms with E-state index in [4.69, 9.17) is 4.11 Å². The molecule has 0 spiro atoms. The van der Waals surface area contributed by atoms with Crippen LogP contribution in [0, 0.1) is 0 Å². The molecule has 0 unspecified atom stereocenters. The predicted molar refractivity (Wildman–Crippen MR) is 49.1 cm³/mol. The molecule has 12 heavy (non-hydrogen) atoms. The molecule has 4 heteroatoms. The van der Waals surface area contributed by atoms with Crippen molar-refractivity contribution in [2.75, 3.05) is 0 Å². The summed E-state index contributed by atoms with van der Waals surface area (Å²) in [5.41, 5.74) is 0.565. The van der Waals surface area contributed by atoms with Crippen molar-refractivity contribution in [3.63, 3.8) is 0 Å². The molecule has 0 aromatic carbocycles. The molecule has 0 aliphatic heterocycles. The molecule has 2 aromatic rings. The van der Waals surface area contributed by atoms with Crippen molar-refractivity contribution in [3.8, 4) is 5.69 Å². The van der Waals surface area contributed by atoms with Crippen molar-refractivity contribution in [1.82, 2.24) is 14.8 Å². The average molecular weight is 227 g/mol. The Kier molecular flexibility index (Phi) is 1.22. The normalized spacial score (nSPS) is 13.6. The van der Waals surface area contributed by atoms with E-state index in [2.05, 4.69) is 26.0 Å². The zero-order valence-corrected chi connectivity index (χ0v) is 7.54. The predicted octanol–water partition coefficient (Wildman–Crippen LogP) is 2.03. The van der Waals surface area contributed by atoms with E-state index in [0.29, 0.717) is 10.3 Å². The van der Waals surface area contributed by atoms with Crippen LogP contribution in [0.25, 0.3) is 5.69 Å². The number of rotatable bonds is 1. The van der Waals surface area contributed by atoms with Gasteiger partial charge in [0, 0.05) is 12.3 Å². The minimum Gasteiger partial charge on any atom is -0.247 e. The molecule has 2 rings (SSSR count). The van der Waals surface area contributed by atoms with E-state index in [0.717, 1.165) is 0 Å². The molecule has 0 aliphatic carbocycles. The summed E-state index contributed by atoms with van der Waals surface area (Å²) in [5.74, 6) is 0. The van der Waals surface area contributed by atoms with Gasteiger partial charge in [0.25, 0.3) is 0 Å². The van der Waals surface area contributed by atoms with E-state index in [1.54, 1.807) is 12.1 Å². The van der Waals surface area contributed by atoms with Gasteiger partial charge < -0.3 is 0 Å². The van der Waals surface area contributed by atoms with Crippen LogP contribution in [0.5, 0.6) is 0 Å². The molecule has 3 nitrogen and oxygen atoms in total. The summed E-state index contributed by atoms with van der Waals surface area (Å²) < 4.78 is 24.1. The fraction of sp³-hybridized carbons (Fsp3) is 0. The number of hydrogen-bond donors (Lipinski definition) is 0. The van der Waals surface area contributed by atoms with Crippen LogP contribution in [-0.4, -0.2) is 14.8 Å². The first-order valence-electron chi connectivity index (χ1n) is 4.74. The smallest absolute Gasteiger partial charge is 0.106 e. The lowest BCUT2D eigenvalue weighted by Crippen LogP contribution is -1.94. The molecule has 0 saturated heterocycles. The summed E-state index contributed by atoms with van der Waals surface area (Å²) in [4.78, 5) is 3.99. The number of hydrogen-bond acceptors (Lipinski definition) is 2. The maximum Gasteiger partial charge on any atom is 0.106 e. The fourth-order valence-corrected chi connectivity index (χ4v) is 1.03. The lowest BCUT2D eigenvalue weighted by Gasteiger charge is -1.98. The van der Waals surface area contributed by atoms with Gasteiger partial charge in [-0.3, -0.25) is 0 Å². The maximum absolute atomic E-state index is 7.56. The molecule has 2 heterocycles. The van der Waals surface area contributed by atoms with Gasteiger partial charge in [0.2, 0.25) is 0 Å². The Balaban J connectivity index is 2.54. The molecular formula is C8H6BrN3. The molecule has 0 amide bonds. The SMILES string of the molecule is [2H]c1nn(-c2ccc(Br)nc2)c([2H])c1[2H]. The topological polar surface area (TPSA) is 30.7 Å². The molecule has 0 fully saturated rings. The van der Waals surface area contributed by atoms with Crippen molar-refractivity contribution < 1.29 is 4.11 Å². The Bertz CT molecular complexity index is 495. The highest BCUT2D eigenvalue weighted by Gasteiger charge is 1.94. The highest BCUT2D eigenvalue weighted by Crippen LogP contribution is 2.08. The third kappa shape index (κ3) is 1.38. The minimum absolute atomic E-state index is 0.107. The second-order valence-electron chi connectivity index (χ2n) is 2.10. The van der Waals surface area contributed by atoms with E-state index < -0.39 is 0 Å². The van der Waals surface area contributed by atoms with Gasteiger partial charge in [0.1, 0.15) is 4.60 Å². The van der Waals surface area contributed by atoms with E-state index in [1.165, 1.54) is 10.9 Å². The van der Waals surface area contributed by atoms with Gasteiger partial charge in [0.05, 0.1) is 16.0 Å². The second kappa shape index (κ2) is 3.06. The largest absolute Gasteiger partial charge is 0.247 e. The third-order valence-corrected chi connectivity index (χ3v) is 1.79. The molecule has 0 atom stereocenters. The molecular weight excluding hydrogens is 218 g/mol. The Hall–Kier alpha value is -1.16. The summed E-state index contributed by atoms with van der Waals surface area (Å²) in [6.45, 7) is 0. The van der Waals surface area contributed by atoms with E-state index >= 15 is 0 Å². The van der Waals surface area contributed by atoms with Gasteiger partial charge in [-0.1, -0.05) is 0 Å². The highest BCUT2D eigenvalue weighted by atomic mass is 79.9. The summed E-state index contributed by atoms with van der Waals surface area (Å²) in [6.07, 6.45) is 1.21. The lowest BCUT2D eigenvalue weighted by atomic mass is 10.4. The first kappa shape index (κ1) is 4.77. The van der Waals surface area contributed by atoms with Crippen molar-refractivity contribution >= 4 is 15.9 Å². The zero-order chi connectivity index (χ0) is 11.0. The maximum atomic E-state index is 7.56. The van der Waals surface area contributed by atoms with Crippen LogP contribution in [-0.2, 0) is 0 Å². The molecule has 60 valence electrons. The van der Waals surface area contributed by atoms with Gasteiger partial charge >= 0.3 is 0 Å². The zero-order valence-electron chi connectivity index (χ0n) is 8.95. The quantitative estimate of drug-likeness (QED) is 0.698. The van der Waals surface area contributed by atoms with E-state index in [-0.39, 0.29) is 18.4 Å². The Morgan fingerprint density at radius 3 is 3.00 bits per heavy atom. The van der Waals surface area contributed by atoms with Crippen molar-refractivity contribution in [1.29, 1.82) is 0 Å². The van der Waals surface area contributed by atoms with E-state index in [1.807, 2.05) is 0 Å². The Morgan fingerprint density at radius 2 is 2.42 bits per heavy atom. The lowest BCUT2D eigenvalue weighted by molar-refractivity contribution is 0.872. The van der Waals surface area contributed by atoms with Crippen LogP contribution in [0.2, 0.25) is 0 Å². The Morgan fingerprint density at radius 1 is 1.50 bits per heavy atom. The van der Waals surface area contributed by atoms with Crippen LogP contribution >= 0.6 is 15.9 Å². The number of nitrogens with zero attached hydrogens (tertiary/aromatic N) is 3. The molecule has 0 aliphatic rings. The molecule has 2 aromatic heterocycles. The van der Waals surface area contributed by atoms with Gasteiger partial charge in [-0.2, -0.15) is 5.10 Å². The highest BCUT2D eigenvalue weighted by molar-refractivity contribution is 9.10. The molecule has 0 radical (unpaired) electrons. The summed E-state index contributed by atoms with van der Waals surface area (Å²) >= 11 is 3.19. The van der Waals surface area contributed by atoms with Crippen LogP contribution in [0.1, 0.15) is 4.11 Å². The minimum atomic E-state index is -0.206. The number of aromatic nitrogens is 3. The average Bonchev–Trinajstić information content (AvgIpc) is 2.47. The first-order chi connectivity index (χ1) is 7.09. The van der Waals surface area contributed by atoms with Crippen LogP contribution < -0.4 is 0 Å². The van der Waals surface area contributed by atoms with Crippen LogP contribution in [0.15, 0.2) is 41.3 Å². The molecule has 0 saturated carbocycles. The van der Waals surface area contributed by atoms with Gasteiger partial charge in [-0.25, -0.2) is 9.67 Å². The third-order valence-electron chi connectivity index (χ3n) is 1.32. The summed E-state index contributed by atoms with van der Waals surface area (Å²) in [5, 5.41) is 3.76. The monoisotopic (exact) mass is 226 g/mol. The van der Waals surface area contributed by atoms with Crippen molar-refractivity contribution in [2.24, 2.45) is 0 Å². The van der Waals surface area contributed by atoms with Crippen molar-refractivity contribution in [3.05, 3.63) is 41.3 Å². The Labute approximate surface area is 82.4 Å². The standard InChI is InChI=1S/C8H6BrN3/c9-8-3-2-7(6-10-8)12-5-1-4-11-12/h1-6H/i1D,4D,5D. The second-order valence-corrected chi connectivity index (χ2v) is 2.91. The van der Waals surface area contributed by atoms with Crippen molar-refractivity contribution in [2.45, 2.75) is 0 Å². The fourth-order valence-electron chi connectivity index (χ4n) is 0.794. The first-order valence-corrected chi connectivity index (χ1v) is 4.03. The van der Waals surface area contributed by atoms with Crippen LogP contribution in [0.4, 0.5) is 0 Å². The van der Waals surface area contributed by atoms with Gasteiger partial charge in [-0.05, 0) is 34.1 Å². The summed E-state index contributed by atoms with van der Waals surface area (Å²) in [6, 6.07) is 3.24. The van der Waals surface area contributed by atoms with Crippen LogP contribution in [0.3, 0.4) is 0 Å². The summed E-state index contributed by atoms with van der Waals surface area (Å²) in [7, 11) is 0.